The highest BCUT2D eigenvalue weighted by atomic mass is 16.7. The van der Waals surface area contributed by atoms with Crippen molar-refractivity contribution in [1.82, 2.24) is 9.78 Å². The van der Waals surface area contributed by atoms with E-state index < -0.39 is 0 Å². The number of hydrogen-bond acceptors (Lipinski definition) is 3. The van der Waals surface area contributed by atoms with Crippen LogP contribution in [0.4, 0.5) is 0 Å². The molecule has 2 fully saturated rings. The molecule has 5 heteroatoms. The molecule has 104 valence electrons. The van der Waals surface area contributed by atoms with Gasteiger partial charge in [-0.25, -0.2) is 0 Å². The molecule has 3 rings (SSSR count). The van der Waals surface area contributed by atoms with Gasteiger partial charge in [0, 0.05) is 17.9 Å². The largest absolute Gasteiger partial charge is 0.498 e. The first-order valence-corrected chi connectivity index (χ1v) is 7.20. The van der Waals surface area contributed by atoms with Crippen LogP contribution in [0.25, 0.3) is 0 Å². The van der Waals surface area contributed by atoms with Crippen molar-refractivity contribution in [3.05, 3.63) is 12.4 Å². The summed E-state index contributed by atoms with van der Waals surface area (Å²) in [5.41, 5.74) is 0.449. The molecular weight excluding hydrogens is 239 g/mol. The fourth-order valence-corrected chi connectivity index (χ4v) is 2.68. The van der Waals surface area contributed by atoms with Crippen LogP contribution in [0.3, 0.4) is 0 Å². The van der Waals surface area contributed by atoms with Gasteiger partial charge >= 0.3 is 7.12 Å². The Kier molecular flexibility index (Phi) is 2.84. The molecule has 0 radical (unpaired) electrons. The van der Waals surface area contributed by atoms with Crippen molar-refractivity contribution in [3.8, 4) is 0 Å². The molecule has 2 heterocycles. The normalized spacial score (nSPS) is 32.4. The molecule has 2 atom stereocenters. The Morgan fingerprint density at radius 3 is 2.32 bits per heavy atom. The van der Waals surface area contributed by atoms with Gasteiger partial charge in [-0.1, -0.05) is 6.92 Å². The molecule has 1 saturated carbocycles. The number of nitrogens with zero attached hydrogens (tertiary/aromatic N) is 2. The van der Waals surface area contributed by atoms with Gasteiger partial charge in [0.15, 0.2) is 0 Å². The Hall–Kier alpha value is -0.805. The summed E-state index contributed by atoms with van der Waals surface area (Å²) in [6.45, 7) is 10.6. The highest BCUT2D eigenvalue weighted by Gasteiger charge is 2.52. The highest BCUT2D eigenvalue weighted by Crippen LogP contribution is 2.38. The molecule has 1 aliphatic heterocycles. The minimum Gasteiger partial charge on any atom is -0.399 e. The second kappa shape index (κ2) is 4.09. The second-order valence-electron chi connectivity index (χ2n) is 6.96. The van der Waals surface area contributed by atoms with E-state index in [0.717, 1.165) is 11.4 Å². The van der Waals surface area contributed by atoms with E-state index in [9.17, 15) is 0 Å². The summed E-state index contributed by atoms with van der Waals surface area (Å²) in [6, 6.07) is 0.552. The summed E-state index contributed by atoms with van der Waals surface area (Å²) in [5, 5.41) is 4.49. The molecule has 1 aromatic heterocycles. The van der Waals surface area contributed by atoms with Gasteiger partial charge < -0.3 is 9.31 Å². The lowest BCUT2D eigenvalue weighted by atomic mass is 9.80. The first kappa shape index (κ1) is 13.2. The number of hydrogen-bond donors (Lipinski definition) is 0. The molecular formula is C14H23BN2O2. The molecule has 1 aromatic rings. The van der Waals surface area contributed by atoms with Crippen LogP contribution >= 0.6 is 0 Å². The summed E-state index contributed by atoms with van der Waals surface area (Å²) in [7, 11) is -0.297. The Balaban J connectivity index is 1.78. The van der Waals surface area contributed by atoms with Gasteiger partial charge in [-0.15, -0.1) is 0 Å². The van der Waals surface area contributed by atoms with Crippen molar-refractivity contribution < 1.29 is 9.31 Å². The van der Waals surface area contributed by atoms with Crippen LogP contribution in [0.1, 0.15) is 53.5 Å². The van der Waals surface area contributed by atoms with Crippen LogP contribution in [0, 0.1) is 5.92 Å². The molecule has 0 spiro atoms. The average molecular weight is 262 g/mol. The maximum atomic E-state index is 6.05. The number of rotatable bonds is 2. The smallest absolute Gasteiger partial charge is 0.399 e. The van der Waals surface area contributed by atoms with Gasteiger partial charge in [0.05, 0.1) is 17.2 Å². The first-order valence-electron chi connectivity index (χ1n) is 7.20. The lowest BCUT2D eigenvalue weighted by Gasteiger charge is -2.33. The lowest BCUT2D eigenvalue weighted by molar-refractivity contribution is 0.00578. The topological polar surface area (TPSA) is 36.3 Å². The van der Waals surface area contributed by atoms with Gasteiger partial charge in [0.25, 0.3) is 0 Å². The molecule has 4 nitrogen and oxygen atoms in total. The third-order valence-corrected chi connectivity index (χ3v) is 5.06. The van der Waals surface area contributed by atoms with Crippen molar-refractivity contribution in [1.29, 1.82) is 0 Å². The monoisotopic (exact) mass is 262 g/mol. The summed E-state index contributed by atoms with van der Waals surface area (Å²) in [6.07, 6.45) is 6.50. The van der Waals surface area contributed by atoms with E-state index in [1.165, 1.54) is 12.8 Å². The standard InChI is InChI=1S/C14H23BN2O2/c1-10-6-7-12(10)17-9-11(8-16-17)15-18-13(2,3)14(4,5)19-15/h8-10,12H,6-7H2,1-5H3/t10-,12?/m0/s1. The second-order valence-corrected chi connectivity index (χ2v) is 6.96. The fourth-order valence-electron chi connectivity index (χ4n) is 2.68. The number of aromatic nitrogens is 2. The minimum absolute atomic E-state index is 0.288. The zero-order chi connectivity index (χ0) is 13.8. The quantitative estimate of drug-likeness (QED) is 0.766. The fraction of sp³-hybridized carbons (Fsp3) is 0.786. The van der Waals surface area contributed by atoms with E-state index in [0.29, 0.717) is 6.04 Å². The minimum atomic E-state index is -0.297. The van der Waals surface area contributed by atoms with E-state index in [1.54, 1.807) is 0 Å². The summed E-state index contributed by atoms with van der Waals surface area (Å²) in [5.74, 6) is 0.728. The zero-order valence-electron chi connectivity index (χ0n) is 12.5. The van der Waals surface area contributed by atoms with E-state index in [-0.39, 0.29) is 18.3 Å². The van der Waals surface area contributed by atoms with Gasteiger partial charge in [-0.2, -0.15) is 5.10 Å². The predicted octanol–water partition coefficient (Wildman–Crippen LogP) is 2.15. The van der Waals surface area contributed by atoms with E-state index >= 15 is 0 Å². The van der Waals surface area contributed by atoms with Gasteiger partial charge in [-0.3, -0.25) is 4.68 Å². The molecule has 19 heavy (non-hydrogen) atoms. The van der Waals surface area contributed by atoms with Gasteiger partial charge in [0.2, 0.25) is 0 Å². The van der Waals surface area contributed by atoms with Crippen LogP contribution in [0.2, 0.25) is 0 Å². The third kappa shape index (κ3) is 2.03. The predicted molar refractivity (Wildman–Crippen MR) is 75.4 cm³/mol. The van der Waals surface area contributed by atoms with Crippen LogP contribution in [0.15, 0.2) is 12.4 Å². The van der Waals surface area contributed by atoms with E-state index in [2.05, 4.69) is 50.6 Å². The molecule has 1 unspecified atom stereocenters. The molecule has 2 aliphatic rings. The summed E-state index contributed by atoms with van der Waals surface area (Å²) >= 11 is 0. The molecule has 1 aliphatic carbocycles. The molecule has 1 saturated heterocycles. The van der Waals surface area contributed by atoms with Crippen LogP contribution < -0.4 is 5.46 Å². The lowest BCUT2D eigenvalue weighted by Crippen LogP contribution is -2.41. The zero-order valence-corrected chi connectivity index (χ0v) is 12.5. The first-order chi connectivity index (χ1) is 8.80. The van der Waals surface area contributed by atoms with Crippen molar-refractivity contribution in [2.45, 2.75) is 64.7 Å². The van der Waals surface area contributed by atoms with Crippen molar-refractivity contribution >= 4 is 12.6 Å². The van der Waals surface area contributed by atoms with E-state index in [1.807, 2.05) is 6.20 Å². The molecule has 0 N–H and O–H groups in total. The van der Waals surface area contributed by atoms with Crippen LogP contribution in [0.5, 0.6) is 0 Å². The maximum absolute atomic E-state index is 6.05. The van der Waals surface area contributed by atoms with E-state index in [4.69, 9.17) is 9.31 Å². The molecule has 0 aromatic carbocycles. The van der Waals surface area contributed by atoms with Crippen LogP contribution in [-0.4, -0.2) is 28.1 Å². The average Bonchev–Trinajstić information content (AvgIpc) is 2.81. The van der Waals surface area contributed by atoms with Gasteiger partial charge in [-0.05, 0) is 46.5 Å². The van der Waals surface area contributed by atoms with Gasteiger partial charge in [0.1, 0.15) is 0 Å². The Morgan fingerprint density at radius 2 is 1.84 bits per heavy atom. The third-order valence-electron chi connectivity index (χ3n) is 5.06. The Bertz CT molecular complexity index is 468. The van der Waals surface area contributed by atoms with Crippen molar-refractivity contribution in [2.75, 3.05) is 0 Å². The van der Waals surface area contributed by atoms with Crippen LogP contribution in [-0.2, 0) is 9.31 Å². The Morgan fingerprint density at radius 1 is 1.21 bits per heavy atom. The maximum Gasteiger partial charge on any atom is 0.498 e. The SMILES string of the molecule is C[C@H]1CCC1n1cc(B2OC(C)(C)C(C)(C)O2)cn1. The Labute approximate surface area is 115 Å². The molecule has 0 amide bonds. The summed E-state index contributed by atoms with van der Waals surface area (Å²) in [4.78, 5) is 0. The van der Waals surface area contributed by atoms with Crippen molar-refractivity contribution in [3.63, 3.8) is 0 Å². The highest BCUT2D eigenvalue weighted by molar-refractivity contribution is 6.61. The van der Waals surface area contributed by atoms with Crippen molar-refractivity contribution in [2.24, 2.45) is 5.92 Å². The summed E-state index contributed by atoms with van der Waals surface area (Å²) < 4.78 is 14.2. The molecule has 0 bridgehead atoms.